The SMILES string of the molecule is N#CC1(n2cc(C(NC(=O)c3cccc(Cl)c3)C3CCCCC3)nn2)CC1. The van der Waals surface area contributed by atoms with E-state index in [-0.39, 0.29) is 11.9 Å². The average Bonchev–Trinajstić information content (AvgIpc) is 3.35. The summed E-state index contributed by atoms with van der Waals surface area (Å²) in [6.45, 7) is 0. The standard InChI is InChI=1S/C20H22ClN5O/c21-16-8-4-7-15(11-16)19(27)23-18(14-5-2-1-3-6-14)17-12-26(25-24-17)20(13-22)9-10-20/h4,7-8,11-12,14,18H,1-3,5-6,9-10H2,(H,23,27). The summed E-state index contributed by atoms with van der Waals surface area (Å²) in [6, 6.07) is 9.07. The fourth-order valence-electron chi connectivity index (χ4n) is 3.89. The molecule has 1 aromatic heterocycles. The maximum atomic E-state index is 12.8. The number of nitrogens with zero attached hydrogens (tertiary/aromatic N) is 4. The van der Waals surface area contributed by atoms with Crippen LogP contribution in [0.5, 0.6) is 0 Å². The van der Waals surface area contributed by atoms with Gasteiger partial charge in [0.1, 0.15) is 5.69 Å². The molecule has 1 heterocycles. The molecule has 1 N–H and O–H groups in total. The second-order valence-corrected chi connectivity index (χ2v) is 8.03. The van der Waals surface area contributed by atoms with E-state index in [9.17, 15) is 10.1 Å². The van der Waals surface area contributed by atoms with Crippen molar-refractivity contribution in [2.45, 2.75) is 56.5 Å². The molecule has 2 aliphatic carbocycles. The summed E-state index contributed by atoms with van der Waals surface area (Å²) >= 11 is 6.03. The number of rotatable bonds is 5. The third-order valence-corrected chi connectivity index (χ3v) is 5.93. The van der Waals surface area contributed by atoms with Crippen LogP contribution in [0.3, 0.4) is 0 Å². The number of nitrogens with one attached hydrogen (secondary N) is 1. The van der Waals surface area contributed by atoms with E-state index in [0.717, 1.165) is 44.2 Å². The number of hydrogen-bond donors (Lipinski definition) is 1. The van der Waals surface area contributed by atoms with Crippen LogP contribution in [0.4, 0.5) is 0 Å². The van der Waals surface area contributed by atoms with Gasteiger partial charge in [0.15, 0.2) is 5.54 Å². The van der Waals surface area contributed by atoms with E-state index in [1.165, 1.54) is 6.42 Å². The zero-order valence-corrected chi connectivity index (χ0v) is 15.8. The lowest BCUT2D eigenvalue weighted by Crippen LogP contribution is -2.34. The molecule has 0 aliphatic heterocycles. The molecule has 4 rings (SSSR count). The summed E-state index contributed by atoms with van der Waals surface area (Å²) in [4.78, 5) is 12.8. The van der Waals surface area contributed by atoms with Crippen molar-refractivity contribution in [3.05, 3.63) is 46.7 Å². The fraction of sp³-hybridized carbons (Fsp3) is 0.500. The lowest BCUT2D eigenvalue weighted by Gasteiger charge is -2.29. The van der Waals surface area contributed by atoms with Crippen LogP contribution in [0, 0.1) is 17.2 Å². The summed E-state index contributed by atoms with van der Waals surface area (Å²) < 4.78 is 1.67. The van der Waals surface area contributed by atoms with Crippen LogP contribution in [0.1, 0.15) is 67.0 Å². The normalized spacial score (nSPS) is 19.9. The zero-order chi connectivity index (χ0) is 18.9. The lowest BCUT2D eigenvalue weighted by atomic mass is 9.82. The van der Waals surface area contributed by atoms with E-state index in [1.807, 2.05) is 6.20 Å². The lowest BCUT2D eigenvalue weighted by molar-refractivity contribution is 0.0911. The highest BCUT2D eigenvalue weighted by Crippen LogP contribution is 2.43. The minimum absolute atomic E-state index is 0.163. The summed E-state index contributed by atoms with van der Waals surface area (Å²) in [5, 5.41) is 21.6. The fourth-order valence-corrected chi connectivity index (χ4v) is 4.08. The molecule has 0 saturated heterocycles. The maximum absolute atomic E-state index is 12.8. The first-order valence-electron chi connectivity index (χ1n) is 9.52. The van der Waals surface area contributed by atoms with E-state index in [2.05, 4.69) is 21.7 Å². The molecule has 2 aromatic rings. The Morgan fingerprint density at radius 2 is 2.11 bits per heavy atom. The van der Waals surface area contributed by atoms with Gasteiger partial charge in [0.2, 0.25) is 0 Å². The molecule has 6 nitrogen and oxygen atoms in total. The van der Waals surface area contributed by atoms with Gasteiger partial charge in [-0.05, 0) is 49.8 Å². The maximum Gasteiger partial charge on any atom is 0.251 e. The monoisotopic (exact) mass is 383 g/mol. The van der Waals surface area contributed by atoms with Crippen LogP contribution >= 0.6 is 11.6 Å². The van der Waals surface area contributed by atoms with Crippen molar-refractivity contribution >= 4 is 17.5 Å². The van der Waals surface area contributed by atoms with Gasteiger partial charge in [-0.25, -0.2) is 4.68 Å². The highest BCUT2D eigenvalue weighted by Gasteiger charge is 2.47. The first-order chi connectivity index (χ1) is 13.1. The third kappa shape index (κ3) is 3.70. The number of nitriles is 1. The van der Waals surface area contributed by atoms with Gasteiger partial charge in [-0.2, -0.15) is 5.26 Å². The molecule has 1 amide bonds. The first-order valence-corrected chi connectivity index (χ1v) is 9.89. The van der Waals surface area contributed by atoms with E-state index < -0.39 is 5.54 Å². The summed E-state index contributed by atoms with van der Waals surface area (Å²) in [5.74, 6) is 0.160. The first kappa shape index (κ1) is 18.0. The number of aromatic nitrogens is 3. The van der Waals surface area contributed by atoms with Crippen molar-refractivity contribution in [2.75, 3.05) is 0 Å². The van der Waals surface area contributed by atoms with Gasteiger partial charge in [-0.15, -0.1) is 5.10 Å². The van der Waals surface area contributed by atoms with Crippen molar-refractivity contribution in [3.63, 3.8) is 0 Å². The van der Waals surface area contributed by atoms with Crippen molar-refractivity contribution in [3.8, 4) is 6.07 Å². The summed E-state index contributed by atoms with van der Waals surface area (Å²) in [6.07, 6.45) is 9.09. The van der Waals surface area contributed by atoms with E-state index in [4.69, 9.17) is 11.6 Å². The van der Waals surface area contributed by atoms with E-state index in [0.29, 0.717) is 16.5 Å². The number of benzene rings is 1. The third-order valence-electron chi connectivity index (χ3n) is 5.69. The van der Waals surface area contributed by atoms with Crippen LogP contribution < -0.4 is 5.32 Å². The van der Waals surface area contributed by atoms with Gasteiger partial charge in [0, 0.05) is 10.6 Å². The largest absolute Gasteiger partial charge is 0.343 e. The van der Waals surface area contributed by atoms with Crippen LogP contribution in [0.25, 0.3) is 0 Å². The minimum atomic E-state index is -0.542. The Hall–Kier alpha value is -2.39. The molecular formula is C20H22ClN5O. The second kappa shape index (κ2) is 7.32. The van der Waals surface area contributed by atoms with E-state index in [1.54, 1.807) is 28.9 Å². The molecule has 7 heteroatoms. The van der Waals surface area contributed by atoms with Crippen molar-refractivity contribution < 1.29 is 4.79 Å². The Morgan fingerprint density at radius 3 is 2.78 bits per heavy atom. The Morgan fingerprint density at radius 1 is 1.33 bits per heavy atom. The van der Waals surface area contributed by atoms with Gasteiger partial charge < -0.3 is 5.32 Å². The molecule has 2 fully saturated rings. The number of carbonyl (C=O) groups excluding carboxylic acids is 1. The predicted octanol–water partition coefficient (Wildman–Crippen LogP) is 4.00. The molecule has 2 saturated carbocycles. The molecule has 1 atom stereocenters. The minimum Gasteiger partial charge on any atom is -0.343 e. The quantitative estimate of drug-likeness (QED) is 0.845. The molecule has 0 radical (unpaired) electrons. The Labute approximate surface area is 163 Å². The van der Waals surface area contributed by atoms with Crippen LogP contribution in [0.2, 0.25) is 5.02 Å². The van der Waals surface area contributed by atoms with Crippen molar-refractivity contribution in [1.29, 1.82) is 5.26 Å². The second-order valence-electron chi connectivity index (χ2n) is 7.59. The molecule has 0 spiro atoms. The number of hydrogen-bond acceptors (Lipinski definition) is 4. The van der Waals surface area contributed by atoms with E-state index >= 15 is 0 Å². The molecule has 0 bridgehead atoms. The molecule has 140 valence electrons. The van der Waals surface area contributed by atoms with Gasteiger partial charge in [-0.3, -0.25) is 4.79 Å². The predicted molar refractivity (Wildman–Crippen MR) is 101 cm³/mol. The highest BCUT2D eigenvalue weighted by atomic mass is 35.5. The number of amides is 1. The molecule has 1 aromatic carbocycles. The Kier molecular flexibility index (Phi) is 4.88. The highest BCUT2D eigenvalue weighted by molar-refractivity contribution is 6.30. The average molecular weight is 384 g/mol. The zero-order valence-electron chi connectivity index (χ0n) is 15.1. The molecule has 1 unspecified atom stereocenters. The van der Waals surface area contributed by atoms with Gasteiger partial charge in [-0.1, -0.05) is 42.1 Å². The Balaban J connectivity index is 1.59. The van der Waals surface area contributed by atoms with Crippen LogP contribution in [-0.4, -0.2) is 20.9 Å². The van der Waals surface area contributed by atoms with Crippen molar-refractivity contribution in [1.82, 2.24) is 20.3 Å². The number of halogens is 1. The topological polar surface area (TPSA) is 83.6 Å². The smallest absolute Gasteiger partial charge is 0.251 e. The van der Waals surface area contributed by atoms with Crippen LogP contribution in [0.15, 0.2) is 30.5 Å². The summed E-state index contributed by atoms with van der Waals surface area (Å²) in [5.41, 5.74) is 0.726. The van der Waals surface area contributed by atoms with Gasteiger partial charge >= 0.3 is 0 Å². The molecule has 2 aliphatic rings. The molecular weight excluding hydrogens is 362 g/mol. The molecule has 27 heavy (non-hydrogen) atoms. The van der Waals surface area contributed by atoms with Crippen LogP contribution in [-0.2, 0) is 5.54 Å². The summed E-state index contributed by atoms with van der Waals surface area (Å²) in [7, 11) is 0. The Bertz CT molecular complexity index is 876. The van der Waals surface area contributed by atoms with Crippen molar-refractivity contribution in [2.24, 2.45) is 5.92 Å². The van der Waals surface area contributed by atoms with Gasteiger partial charge in [0.05, 0.1) is 18.3 Å². The number of carbonyl (C=O) groups is 1. The van der Waals surface area contributed by atoms with Gasteiger partial charge in [0.25, 0.3) is 5.91 Å².